The molecule has 0 radical (unpaired) electrons. The molecule has 16 heavy (non-hydrogen) atoms. The summed E-state index contributed by atoms with van der Waals surface area (Å²) in [7, 11) is 0. The van der Waals surface area contributed by atoms with Crippen molar-refractivity contribution in [1.29, 1.82) is 0 Å². The molecular weight excluding hydrogens is 224 g/mol. The number of pyridine rings is 1. The van der Waals surface area contributed by atoms with Gasteiger partial charge in [0.15, 0.2) is 0 Å². The molecule has 0 saturated heterocycles. The van der Waals surface area contributed by atoms with Crippen molar-refractivity contribution in [3.05, 3.63) is 28.6 Å². The third-order valence-corrected chi connectivity index (χ3v) is 2.72. The molecule has 0 aromatic carbocycles. The van der Waals surface area contributed by atoms with E-state index in [1.807, 2.05) is 12.3 Å². The second-order valence-corrected chi connectivity index (χ2v) is 4.60. The smallest absolute Gasteiger partial charge is 0.117 e. The second-order valence-electron chi connectivity index (χ2n) is 4.12. The van der Waals surface area contributed by atoms with E-state index in [4.69, 9.17) is 16.3 Å². The topological polar surface area (TPSA) is 34.2 Å². The van der Waals surface area contributed by atoms with Gasteiger partial charge in [-0.15, -0.1) is 0 Å². The lowest BCUT2D eigenvalue weighted by Gasteiger charge is -2.15. The van der Waals surface area contributed by atoms with Crippen molar-refractivity contribution in [2.24, 2.45) is 0 Å². The van der Waals surface area contributed by atoms with Gasteiger partial charge in [-0.1, -0.05) is 25.4 Å². The zero-order chi connectivity index (χ0) is 11.5. The number of anilines is 1. The quantitative estimate of drug-likeness (QED) is 0.816. The molecule has 1 aromatic heterocycles. The number of ether oxygens (including phenoxy) is 1. The monoisotopic (exact) mass is 238 g/mol. The summed E-state index contributed by atoms with van der Waals surface area (Å²) in [5, 5.41) is 3.87. The highest BCUT2D eigenvalue weighted by Crippen LogP contribution is 2.24. The minimum atomic E-state index is 0.432. The lowest BCUT2D eigenvalue weighted by Crippen LogP contribution is -2.11. The van der Waals surface area contributed by atoms with Gasteiger partial charge in [0.25, 0.3) is 0 Å². The molecule has 0 saturated carbocycles. The highest BCUT2D eigenvalue weighted by atomic mass is 35.5. The predicted molar refractivity (Wildman–Crippen MR) is 66.6 cm³/mol. The molecule has 0 aliphatic carbocycles. The van der Waals surface area contributed by atoms with Crippen molar-refractivity contribution in [3.8, 4) is 0 Å². The number of hydrogen-bond donors (Lipinski definition) is 1. The number of fused-ring (bicyclic) bond motifs is 1. The van der Waals surface area contributed by atoms with E-state index in [9.17, 15) is 0 Å². The van der Waals surface area contributed by atoms with Crippen LogP contribution in [0.1, 0.15) is 31.0 Å². The maximum atomic E-state index is 5.99. The third kappa shape index (κ3) is 2.54. The van der Waals surface area contributed by atoms with Crippen LogP contribution in [0.25, 0.3) is 6.08 Å². The van der Waals surface area contributed by atoms with Gasteiger partial charge in [0.1, 0.15) is 6.73 Å². The molecule has 1 aliphatic rings. The molecule has 0 bridgehead atoms. The van der Waals surface area contributed by atoms with Crippen molar-refractivity contribution in [1.82, 2.24) is 4.98 Å². The van der Waals surface area contributed by atoms with Crippen molar-refractivity contribution in [3.63, 3.8) is 0 Å². The van der Waals surface area contributed by atoms with E-state index < -0.39 is 0 Å². The number of aromatic nitrogens is 1. The normalized spacial score (nSPS) is 19.1. The molecule has 0 atom stereocenters. The van der Waals surface area contributed by atoms with Crippen LogP contribution in [0.3, 0.4) is 0 Å². The number of rotatable bonds is 1. The maximum absolute atomic E-state index is 5.99. The third-order valence-electron chi connectivity index (χ3n) is 2.50. The van der Waals surface area contributed by atoms with Gasteiger partial charge in [-0.3, -0.25) is 4.98 Å². The molecule has 0 unspecified atom stereocenters. The molecule has 0 amide bonds. The second kappa shape index (κ2) is 4.85. The number of hydrogen-bond acceptors (Lipinski definition) is 3. The number of halogens is 1. The Bertz CT molecular complexity index is 415. The SMILES string of the molecule is CC(C)c1cnc2c(c1)NCOC/C(Cl)=C\2. The standard InChI is InChI=1S/C12H15ClN2O/c1-8(2)9-3-11-12(14-5-9)4-10(13)6-16-7-15-11/h3-5,8,15H,6-7H2,1-2H3/b10-4+. The van der Waals surface area contributed by atoms with E-state index in [1.54, 1.807) is 0 Å². The Hall–Kier alpha value is -1.06. The van der Waals surface area contributed by atoms with Crippen LogP contribution >= 0.6 is 11.6 Å². The fourth-order valence-electron chi connectivity index (χ4n) is 1.53. The van der Waals surface area contributed by atoms with E-state index in [0.29, 0.717) is 24.3 Å². The van der Waals surface area contributed by atoms with Crippen LogP contribution in [0, 0.1) is 0 Å². The fraction of sp³-hybridized carbons (Fsp3) is 0.417. The summed E-state index contributed by atoms with van der Waals surface area (Å²) in [6.07, 6.45) is 3.74. The summed E-state index contributed by atoms with van der Waals surface area (Å²) in [4.78, 5) is 4.41. The average Bonchev–Trinajstić information content (AvgIpc) is 2.22. The van der Waals surface area contributed by atoms with Gasteiger partial charge >= 0.3 is 0 Å². The summed E-state index contributed by atoms with van der Waals surface area (Å²) in [6.45, 7) is 5.18. The first-order valence-electron chi connectivity index (χ1n) is 5.34. The van der Waals surface area contributed by atoms with Gasteiger partial charge in [-0.05, 0) is 23.6 Å². The Morgan fingerprint density at radius 3 is 3.06 bits per heavy atom. The van der Waals surface area contributed by atoms with E-state index in [1.165, 1.54) is 5.56 Å². The van der Waals surface area contributed by atoms with Crippen LogP contribution in [0.15, 0.2) is 17.3 Å². The molecule has 0 spiro atoms. The molecular formula is C12H15ClN2O. The van der Waals surface area contributed by atoms with Gasteiger partial charge < -0.3 is 10.1 Å². The Kier molecular flexibility index (Phi) is 3.46. The van der Waals surface area contributed by atoms with Gasteiger partial charge in [0.05, 0.1) is 18.0 Å². The lowest BCUT2D eigenvalue weighted by molar-refractivity contribution is 0.180. The van der Waals surface area contributed by atoms with E-state index in [0.717, 1.165) is 11.4 Å². The molecule has 2 heterocycles. The minimum Gasteiger partial charge on any atom is -0.361 e. The first kappa shape index (κ1) is 11.4. The van der Waals surface area contributed by atoms with Crippen molar-refractivity contribution < 1.29 is 4.74 Å². The summed E-state index contributed by atoms with van der Waals surface area (Å²) in [5.74, 6) is 0.463. The van der Waals surface area contributed by atoms with Crippen molar-refractivity contribution in [2.45, 2.75) is 19.8 Å². The molecule has 3 nitrogen and oxygen atoms in total. The first-order chi connectivity index (χ1) is 7.66. The van der Waals surface area contributed by atoms with Crippen molar-refractivity contribution in [2.75, 3.05) is 18.7 Å². The van der Waals surface area contributed by atoms with Crippen LogP contribution < -0.4 is 5.32 Å². The Labute approximate surface area is 100 Å². The van der Waals surface area contributed by atoms with Crippen LogP contribution in [0.2, 0.25) is 0 Å². The summed E-state index contributed by atoms with van der Waals surface area (Å²) >= 11 is 5.99. The molecule has 4 heteroatoms. The molecule has 86 valence electrons. The summed E-state index contributed by atoms with van der Waals surface area (Å²) in [6, 6.07) is 2.10. The zero-order valence-electron chi connectivity index (χ0n) is 9.46. The average molecular weight is 239 g/mol. The highest BCUT2D eigenvalue weighted by Gasteiger charge is 2.09. The van der Waals surface area contributed by atoms with E-state index >= 15 is 0 Å². The molecule has 1 aliphatic heterocycles. The van der Waals surface area contributed by atoms with Gasteiger partial charge in [-0.2, -0.15) is 0 Å². The molecule has 0 fully saturated rings. The fourth-order valence-corrected chi connectivity index (χ4v) is 1.71. The minimum absolute atomic E-state index is 0.432. The molecule has 1 aromatic rings. The van der Waals surface area contributed by atoms with E-state index in [-0.39, 0.29) is 0 Å². The first-order valence-corrected chi connectivity index (χ1v) is 5.72. The van der Waals surface area contributed by atoms with Crippen molar-refractivity contribution >= 4 is 23.4 Å². The zero-order valence-corrected chi connectivity index (χ0v) is 10.2. The Morgan fingerprint density at radius 1 is 1.50 bits per heavy atom. The maximum Gasteiger partial charge on any atom is 0.117 e. The Morgan fingerprint density at radius 2 is 2.31 bits per heavy atom. The lowest BCUT2D eigenvalue weighted by atomic mass is 10.0. The highest BCUT2D eigenvalue weighted by molar-refractivity contribution is 6.31. The Balaban J connectivity index is 2.40. The van der Waals surface area contributed by atoms with Gasteiger partial charge in [0, 0.05) is 11.2 Å². The van der Waals surface area contributed by atoms with Gasteiger partial charge in [0.2, 0.25) is 0 Å². The summed E-state index contributed by atoms with van der Waals surface area (Å²) in [5.41, 5.74) is 3.05. The van der Waals surface area contributed by atoms with Gasteiger partial charge in [-0.25, -0.2) is 0 Å². The number of nitrogens with one attached hydrogen (secondary N) is 1. The summed E-state index contributed by atoms with van der Waals surface area (Å²) < 4.78 is 5.30. The van der Waals surface area contributed by atoms with E-state index in [2.05, 4.69) is 30.2 Å². The van der Waals surface area contributed by atoms with Crippen LogP contribution in [0.4, 0.5) is 5.69 Å². The van der Waals surface area contributed by atoms with Crippen LogP contribution in [-0.4, -0.2) is 18.3 Å². The van der Waals surface area contributed by atoms with Crippen LogP contribution in [-0.2, 0) is 4.74 Å². The predicted octanol–water partition coefficient (Wildman–Crippen LogP) is 3.18. The van der Waals surface area contributed by atoms with Crippen LogP contribution in [0.5, 0.6) is 0 Å². The number of nitrogens with zero attached hydrogens (tertiary/aromatic N) is 1. The largest absolute Gasteiger partial charge is 0.361 e. The molecule has 2 rings (SSSR count). The molecule has 1 N–H and O–H groups in total.